The molecule has 0 spiro atoms. The molecular formula is C13H23N3O3. The lowest BCUT2D eigenvalue weighted by molar-refractivity contribution is 0.0173. The van der Waals surface area contributed by atoms with Crippen molar-refractivity contribution in [1.29, 1.82) is 0 Å². The van der Waals surface area contributed by atoms with Gasteiger partial charge in [-0.1, -0.05) is 0 Å². The van der Waals surface area contributed by atoms with Crippen molar-refractivity contribution in [1.82, 2.24) is 15.5 Å². The average molecular weight is 269 g/mol. The SMILES string of the molecule is CC(C)(C)OC(=O)N1CCC([C@H]2CNC(=O)N2)CC1. The highest BCUT2D eigenvalue weighted by molar-refractivity contribution is 5.76. The highest BCUT2D eigenvalue weighted by Gasteiger charge is 2.33. The molecule has 0 aliphatic carbocycles. The maximum atomic E-state index is 11.9. The second-order valence-electron chi connectivity index (χ2n) is 6.27. The zero-order valence-corrected chi connectivity index (χ0v) is 11.9. The first-order valence-corrected chi connectivity index (χ1v) is 6.87. The van der Waals surface area contributed by atoms with Gasteiger partial charge in [-0.25, -0.2) is 9.59 Å². The van der Waals surface area contributed by atoms with Gasteiger partial charge in [-0.2, -0.15) is 0 Å². The van der Waals surface area contributed by atoms with Crippen LogP contribution in [0.1, 0.15) is 33.6 Å². The zero-order chi connectivity index (χ0) is 14.0. The van der Waals surface area contributed by atoms with Crippen LogP contribution in [-0.4, -0.2) is 48.3 Å². The Morgan fingerprint density at radius 1 is 1.32 bits per heavy atom. The van der Waals surface area contributed by atoms with Crippen molar-refractivity contribution in [3.63, 3.8) is 0 Å². The van der Waals surface area contributed by atoms with Gasteiger partial charge in [0.2, 0.25) is 0 Å². The van der Waals surface area contributed by atoms with Crippen LogP contribution in [0.4, 0.5) is 9.59 Å². The number of likely N-dealkylation sites (tertiary alicyclic amines) is 1. The van der Waals surface area contributed by atoms with Gasteiger partial charge < -0.3 is 20.3 Å². The molecule has 2 aliphatic rings. The predicted octanol–water partition coefficient (Wildman–Crippen LogP) is 1.31. The molecule has 2 saturated heterocycles. The fraction of sp³-hybridized carbons (Fsp3) is 0.846. The smallest absolute Gasteiger partial charge is 0.410 e. The first kappa shape index (κ1) is 14.0. The number of hydrogen-bond acceptors (Lipinski definition) is 3. The molecule has 0 radical (unpaired) electrons. The molecule has 2 rings (SSSR count). The molecule has 0 bridgehead atoms. The third-order valence-corrected chi connectivity index (χ3v) is 3.56. The van der Waals surface area contributed by atoms with Gasteiger partial charge in [0.15, 0.2) is 0 Å². The Bertz CT molecular complexity index is 357. The summed E-state index contributed by atoms with van der Waals surface area (Å²) in [5.74, 6) is 0.442. The van der Waals surface area contributed by atoms with Crippen LogP contribution in [0.15, 0.2) is 0 Å². The van der Waals surface area contributed by atoms with Crippen molar-refractivity contribution in [2.45, 2.75) is 45.3 Å². The Balaban J connectivity index is 1.79. The highest BCUT2D eigenvalue weighted by Crippen LogP contribution is 2.23. The summed E-state index contributed by atoms with van der Waals surface area (Å²) < 4.78 is 5.36. The molecule has 0 unspecified atom stereocenters. The highest BCUT2D eigenvalue weighted by atomic mass is 16.6. The van der Waals surface area contributed by atoms with Crippen LogP contribution in [0, 0.1) is 5.92 Å². The monoisotopic (exact) mass is 269 g/mol. The van der Waals surface area contributed by atoms with E-state index < -0.39 is 5.60 Å². The van der Waals surface area contributed by atoms with E-state index in [1.165, 1.54) is 0 Å². The molecule has 3 amide bonds. The molecule has 2 aliphatic heterocycles. The van der Waals surface area contributed by atoms with Crippen LogP contribution >= 0.6 is 0 Å². The van der Waals surface area contributed by atoms with Gasteiger partial charge in [0.25, 0.3) is 0 Å². The number of amides is 3. The summed E-state index contributed by atoms with van der Waals surface area (Å²) in [4.78, 5) is 24.8. The lowest BCUT2D eigenvalue weighted by Crippen LogP contribution is -2.46. The van der Waals surface area contributed by atoms with Crippen LogP contribution in [0.25, 0.3) is 0 Å². The number of ether oxygens (including phenoxy) is 1. The minimum Gasteiger partial charge on any atom is -0.444 e. The number of rotatable bonds is 1. The summed E-state index contributed by atoms with van der Waals surface area (Å²) in [6, 6.07) is 0.118. The molecule has 1 atom stereocenters. The minimum absolute atomic E-state index is 0.0837. The van der Waals surface area contributed by atoms with Gasteiger partial charge in [0.05, 0.1) is 6.04 Å². The number of piperidine rings is 1. The van der Waals surface area contributed by atoms with Crippen LogP contribution < -0.4 is 10.6 Å². The summed E-state index contributed by atoms with van der Waals surface area (Å²) >= 11 is 0. The zero-order valence-electron chi connectivity index (χ0n) is 11.9. The number of urea groups is 1. The molecule has 0 aromatic rings. The normalized spacial score (nSPS) is 24.9. The van der Waals surface area contributed by atoms with Crippen LogP contribution in [0.3, 0.4) is 0 Å². The second-order valence-corrected chi connectivity index (χ2v) is 6.27. The van der Waals surface area contributed by atoms with Crippen molar-refractivity contribution in [3.05, 3.63) is 0 Å². The van der Waals surface area contributed by atoms with E-state index in [0.717, 1.165) is 12.8 Å². The molecular weight excluding hydrogens is 246 g/mol. The Kier molecular flexibility index (Phi) is 3.87. The maximum Gasteiger partial charge on any atom is 0.410 e. The lowest BCUT2D eigenvalue weighted by atomic mass is 9.90. The van der Waals surface area contributed by atoms with Crippen LogP contribution in [-0.2, 0) is 4.74 Å². The van der Waals surface area contributed by atoms with E-state index in [9.17, 15) is 9.59 Å². The fourth-order valence-corrected chi connectivity index (χ4v) is 2.57. The predicted molar refractivity (Wildman–Crippen MR) is 70.9 cm³/mol. The van der Waals surface area contributed by atoms with E-state index in [1.807, 2.05) is 20.8 Å². The van der Waals surface area contributed by atoms with E-state index in [-0.39, 0.29) is 18.2 Å². The molecule has 6 heteroatoms. The van der Waals surface area contributed by atoms with Gasteiger partial charge in [-0.15, -0.1) is 0 Å². The summed E-state index contributed by atoms with van der Waals surface area (Å²) in [6.45, 7) is 7.71. The van der Waals surface area contributed by atoms with Gasteiger partial charge in [-0.3, -0.25) is 0 Å². The molecule has 0 aromatic carbocycles. The maximum absolute atomic E-state index is 11.9. The largest absolute Gasteiger partial charge is 0.444 e. The topological polar surface area (TPSA) is 70.7 Å². The van der Waals surface area contributed by atoms with E-state index in [0.29, 0.717) is 25.6 Å². The van der Waals surface area contributed by atoms with E-state index in [4.69, 9.17) is 4.74 Å². The summed E-state index contributed by atoms with van der Waals surface area (Å²) in [5.41, 5.74) is -0.447. The molecule has 2 N–H and O–H groups in total. The van der Waals surface area contributed by atoms with Crippen LogP contribution in [0.2, 0.25) is 0 Å². The van der Waals surface area contributed by atoms with Crippen LogP contribution in [0.5, 0.6) is 0 Å². The lowest BCUT2D eigenvalue weighted by Gasteiger charge is -2.35. The number of carbonyl (C=O) groups excluding carboxylic acids is 2. The van der Waals surface area contributed by atoms with Crippen molar-refractivity contribution < 1.29 is 14.3 Å². The summed E-state index contributed by atoms with van der Waals surface area (Å²) in [7, 11) is 0. The Morgan fingerprint density at radius 2 is 1.95 bits per heavy atom. The van der Waals surface area contributed by atoms with Crippen molar-refractivity contribution >= 4 is 12.1 Å². The second kappa shape index (κ2) is 5.27. The van der Waals surface area contributed by atoms with Gasteiger partial charge in [0, 0.05) is 19.6 Å². The van der Waals surface area contributed by atoms with Crippen molar-refractivity contribution in [2.75, 3.05) is 19.6 Å². The molecule has 108 valence electrons. The van der Waals surface area contributed by atoms with E-state index >= 15 is 0 Å². The van der Waals surface area contributed by atoms with Crippen molar-refractivity contribution in [3.8, 4) is 0 Å². The van der Waals surface area contributed by atoms with E-state index in [2.05, 4.69) is 10.6 Å². The molecule has 2 fully saturated rings. The third-order valence-electron chi connectivity index (χ3n) is 3.56. The molecule has 6 nitrogen and oxygen atoms in total. The fourth-order valence-electron chi connectivity index (χ4n) is 2.57. The van der Waals surface area contributed by atoms with Gasteiger partial charge in [0.1, 0.15) is 5.60 Å². The van der Waals surface area contributed by atoms with Gasteiger partial charge >= 0.3 is 12.1 Å². The molecule has 19 heavy (non-hydrogen) atoms. The molecule has 0 aromatic heterocycles. The first-order chi connectivity index (χ1) is 8.85. The average Bonchev–Trinajstić information content (AvgIpc) is 2.74. The number of hydrogen-bond donors (Lipinski definition) is 2. The Hall–Kier alpha value is -1.46. The number of nitrogens with zero attached hydrogens (tertiary/aromatic N) is 1. The van der Waals surface area contributed by atoms with Crippen molar-refractivity contribution in [2.24, 2.45) is 5.92 Å². The quantitative estimate of drug-likeness (QED) is 0.754. The summed E-state index contributed by atoms with van der Waals surface area (Å²) in [6.07, 6.45) is 1.58. The first-order valence-electron chi connectivity index (χ1n) is 6.87. The number of nitrogens with one attached hydrogen (secondary N) is 2. The van der Waals surface area contributed by atoms with Gasteiger partial charge in [-0.05, 0) is 39.5 Å². The van der Waals surface area contributed by atoms with E-state index in [1.54, 1.807) is 4.90 Å². The molecule has 0 saturated carbocycles. The summed E-state index contributed by atoms with van der Waals surface area (Å²) in [5, 5.41) is 5.70. The Labute approximate surface area is 113 Å². The molecule has 2 heterocycles. The standard InChI is InChI=1S/C13H23N3O3/c1-13(2,3)19-12(18)16-6-4-9(5-7-16)10-8-14-11(17)15-10/h9-10H,4-8H2,1-3H3,(H2,14,15,17)/t10-/m1/s1. The third kappa shape index (κ3) is 3.75. The number of carbonyl (C=O) groups is 2. The Morgan fingerprint density at radius 3 is 2.42 bits per heavy atom. The minimum atomic E-state index is -0.447.